The molecule has 10 heteroatoms. The van der Waals surface area contributed by atoms with Gasteiger partial charge in [-0.1, -0.05) is 20.3 Å². The van der Waals surface area contributed by atoms with Crippen LogP contribution in [0.4, 0.5) is 0 Å². The SMILES string of the molecule is CCC(C)C(N)C(=O)NC(C)C(=O)N1CCCC1C(=O)NC(CO)C(=O)O. The van der Waals surface area contributed by atoms with Crippen LogP contribution in [-0.4, -0.2) is 76.1 Å². The molecular weight excluding hydrogens is 356 g/mol. The summed E-state index contributed by atoms with van der Waals surface area (Å²) in [5.74, 6) is -2.91. The zero-order chi connectivity index (χ0) is 20.7. The molecule has 0 bridgehead atoms. The highest BCUT2D eigenvalue weighted by Gasteiger charge is 2.38. The average Bonchev–Trinajstić information content (AvgIpc) is 3.13. The van der Waals surface area contributed by atoms with Crippen LogP contribution in [0, 0.1) is 5.92 Å². The Kier molecular flexibility index (Phi) is 8.64. The number of aliphatic hydroxyl groups is 1. The first-order chi connectivity index (χ1) is 12.6. The van der Waals surface area contributed by atoms with Gasteiger partial charge in [-0.15, -0.1) is 0 Å². The maximum atomic E-state index is 12.7. The molecule has 1 aliphatic rings. The third-order valence-electron chi connectivity index (χ3n) is 4.92. The standard InChI is InChI=1S/C17H30N4O6/c1-4-9(2)13(18)15(24)19-10(3)16(25)21-7-5-6-12(21)14(23)20-11(8-22)17(26)27/h9-13,22H,4-8,18H2,1-3H3,(H,19,24)(H,20,23)(H,26,27). The summed E-state index contributed by atoms with van der Waals surface area (Å²) >= 11 is 0. The molecule has 0 spiro atoms. The van der Waals surface area contributed by atoms with Crippen molar-refractivity contribution in [2.24, 2.45) is 11.7 Å². The van der Waals surface area contributed by atoms with Gasteiger partial charge >= 0.3 is 5.97 Å². The van der Waals surface area contributed by atoms with Crippen LogP contribution in [0.5, 0.6) is 0 Å². The van der Waals surface area contributed by atoms with E-state index in [1.54, 1.807) is 0 Å². The number of hydrogen-bond donors (Lipinski definition) is 5. The topological polar surface area (TPSA) is 162 Å². The summed E-state index contributed by atoms with van der Waals surface area (Å²) in [6, 6.07) is -3.87. The van der Waals surface area contributed by atoms with E-state index in [-0.39, 0.29) is 5.92 Å². The quantitative estimate of drug-likeness (QED) is 0.319. The molecule has 1 fully saturated rings. The molecular formula is C17H30N4O6. The Morgan fingerprint density at radius 3 is 2.37 bits per heavy atom. The van der Waals surface area contributed by atoms with E-state index in [0.29, 0.717) is 19.4 Å². The number of amides is 3. The van der Waals surface area contributed by atoms with E-state index in [1.807, 2.05) is 13.8 Å². The van der Waals surface area contributed by atoms with E-state index in [2.05, 4.69) is 10.6 Å². The summed E-state index contributed by atoms with van der Waals surface area (Å²) in [5, 5.41) is 22.8. The molecule has 0 aromatic rings. The second-order valence-corrected chi connectivity index (χ2v) is 6.91. The molecule has 5 unspecified atom stereocenters. The molecule has 1 saturated heterocycles. The first-order valence-electron chi connectivity index (χ1n) is 9.14. The Hall–Kier alpha value is -2.20. The Morgan fingerprint density at radius 1 is 1.22 bits per heavy atom. The fourth-order valence-corrected chi connectivity index (χ4v) is 2.89. The maximum Gasteiger partial charge on any atom is 0.328 e. The lowest BCUT2D eigenvalue weighted by Crippen LogP contribution is -2.56. The fourth-order valence-electron chi connectivity index (χ4n) is 2.89. The lowest BCUT2D eigenvalue weighted by Gasteiger charge is -2.28. The van der Waals surface area contributed by atoms with Crippen LogP contribution in [0.15, 0.2) is 0 Å². The first kappa shape index (κ1) is 22.8. The minimum Gasteiger partial charge on any atom is -0.480 e. The van der Waals surface area contributed by atoms with Gasteiger partial charge in [0.2, 0.25) is 17.7 Å². The summed E-state index contributed by atoms with van der Waals surface area (Å²) < 4.78 is 0. The highest BCUT2D eigenvalue weighted by Crippen LogP contribution is 2.19. The highest BCUT2D eigenvalue weighted by molar-refractivity contribution is 5.94. The fraction of sp³-hybridized carbons (Fsp3) is 0.765. The normalized spacial score (nSPS) is 21.1. The molecule has 0 aromatic heterocycles. The molecule has 1 rings (SSSR count). The molecule has 0 radical (unpaired) electrons. The number of carbonyl (C=O) groups is 4. The van der Waals surface area contributed by atoms with E-state index < -0.39 is 54.5 Å². The first-order valence-corrected chi connectivity index (χ1v) is 9.14. The van der Waals surface area contributed by atoms with Crippen molar-refractivity contribution in [1.29, 1.82) is 0 Å². The maximum absolute atomic E-state index is 12.7. The summed E-state index contributed by atoms with van der Waals surface area (Å²) in [6.07, 6.45) is 1.68. The van der Waals surface area contributed by atoms with Crippen LogP contribution in [0.25, 0.3) is 0 Å². The second-order valence-electron chi connectivity index (χ2n) is 6.91. The minimum atomic E-state index is -1.43. The van der Waals surface area contributed by atoms with Crippen LogP contribution in [0.3, 0.4) is 0 Å². The number of carbonyl (C=O) groups excluding carboxylic acids is 3. The van der Waals surface area contributed by atoms with E-state index in [4.69, 9.17) is 15.9 Å². The predicted octanol–water partition coefficient (Wildman–Crippen LogP) is -1.58. The summed E-state index contributed by atoms with van der Waals surface area (Å²) in [5.41, 5.74) is 5.87. The zero-order valence-electron chi connectivity index (χ0n) is 16.0. The second kappa shape index (κ2) is 10.2. The van der Waals surface area contributed by atoms with Gasteiger partial charge in [0.15, 0.2) is 0 Å². The van der Waals surface area contributed by atoms with Gasteiger partial charge < -0.3 is 31.5 Å². The smallest absolute Gasteiger partial charge is 0.328 e. The number of rotatable bonds is 9. The minimum absolute atomic E-state index is 0.0379. The lowest BCUT2D eigenvalue weighted by molar-refractivity contribution is -0.145. The molecule has 27 heavy (non-hydrogen) atoms. The van der Waals surface area contributed by atoms with Gasteiger partial charge in [0.05, 0.1) is 12.6 Å². The summed E-state index contributed by atoms with van der Waals surface area (Å²) in [6.45, 7) is 4.85. The molecule has 5 atom stereocenters. The van der Waals surface area contributed by atoms with E-state index in [9.17, 15) is 19.2 Å². The van der Waals surface area contributed by atoms with Crippen LogP contribution in [0.2, 0.25) is 0 Å². The van der Waals surface area contributed by atoms with E-state index in [0.717, 1.165) is 6.42 Å². The summed E-state index contributed by atoms with van der Waals surface area (Å²) in [4.78, 5) is 49.4. The zero-order valence-corrected chi connectivity index (χ0v) is 16.0. The Bertz CT molecular complexity index is 570. The number of likely N-dealkylation sites (tertiary alicyclic amines) is 1. The largest absolute Gasteiger partial charge is 0.480 e. The van der Waals surface area contributed by atoms with Gasteiger partial charge in [-0.25, -0.2) is 4.79 Å². The van der Waals surface area contributed by atoms with Crippen molar-refractivity contribution in [1.82, 2.24) is 15.5 Å². The number of aliphatic hydroxyl groups excluding tert-OH is 1. The Balaban J connectivity index is 2.73. The van der Waals surface area contributed by atoms with Crippen molar-refractivity contribution in [3.05, 3.63) is 0 Å². The number of hydrogen-bond acceptors (Lipinski definition) is 6. The number of nitrogens with zero attached hydrogens (tertiary/aromatic N) is 1. The summed E-state index contributed by atoms with van der Waals surface area (Å²) in [7, 11) is 0. The molecule has 3 amide bonds. The van der Waals surface area contributed by atoms with E-state index >= 15 is 0 Å². The third kappa shape index (κ3) is 5.90. The number of carboxylic acid groups (broad SMARTS) is 1. The average molecular weight is 386 g/mol. The molecule has 154 valence electrons. The van der Waals surface area contributed by atoms with Crippen LogP contribution >= 0.6 is 0 Å². The molecule has 0 aliphatic carbocycles. The van der Waals surface area contributed by atoms with Crippen LogP contribution in [0.1, 0.15) is 40.0 Å². The van der Waals surface area contributed by atoms with Crippen molar-refractivity contribution in [3.63, 3.8) is 0 Å². The highest BCUT2D eigenvalue weighted by atomic mass is 16.4. The Morgan fingerprint density at radius 2 is 1.85 bits per heavy atom. The molecule has 10 nitrogen and oxygen atoms in total. The van der Waals surface area contributed by atoms with Crippen molar-refractivity contribution in [2.45, 2.75) is 64.2 Å². The van der Waals surface area contributed by atoms with Gasteiger partial charge in [0, 0.05) is 6.54 Å². The lowest BCUT2D eigenvalue weighted by atomic mass is 9.99. The van der Waals surface area contributed by atoms with Crippen molar-refractivity contribution < 1.29 is 29.4 Å². The van der Waals surface area contributed by atoms with Gasteiger partial charge in [-0.2, -0.15) is 0 Å². The Labute approximate surface area is 158 Å². The third-order valence-corrected chi connectivity index (χ3v) is 4.92. The van der Waals surface area contributed by atoms with Crippen molar-refractivity contribution in [3.8, 4) is 0 Å². The van der Waals surface area contributed by atoms with Crippen molar-refractivity contribution >= 4 is 23.7 Å². The number of nitrogens with two attached hydrogens (primary N) is 1. The molecule has 6 N–H and O–H groups in total. The molecule has 1 aliphatic heterocycles. The monoisotopic (exact) mass is 386 g/mol. The van der Waals surface area contributed by atoms with Gasteiger partial charge in [0.1, 0.15) is 18.1 Å². The molecule has 1 heterocycles. The van der Waals surface area contributed by atoms with Gasteiger partial charge in [-0.3, -0.25) is 14.4 Å². The molecule has 0 aromatic carbocycles. The number of aliphatic carboxylic acids is 1. The van der Waals surface area contributed by atoms with Crippen molar-refractivity contribution in [2.75, 3.05) is 13.2 Å². The van der Waals surface area contributed by atoms with E-state index in [1.165, 1.54) is 11.8 Å². The molecule has 0 saturated carbocycles. The van der Waals surface area contributed by atoms with Crippen LogP contribution in [-0.2, 0) is 19.2 Å². The van der Waals surface area contributed by atoms with Crippen LogP contribution < -0.4 is 16.4 Å². The van der Waals surface area contributed by atoms with Gasteiger partial charge in [-0.05, 0) is 25.7 Å². The number of carboxylic acids is 1. The predicted molar refractivity (Wildman–Crippen MR) is 96.4 cm³/mol. The number of nitrogens with one attached hydrogen (secondary N) is 2. The van der Waals surface area contributed by atoms with Gasteiger partial charge in [0.25, 0.3) is 0 Å².